The van der Waals surface area contributed by atoms with E-state index in [0.29, 0.717) is 5.69 Å². The lowest BCUT2D eigenvalue weighted by molar-refractivity contribution is 1.05. The Kier molecular flexibility index (Phi) is 2.94. The lowest BCUT2D eigenvalue weighted by Gasteiger charge is -2.06. The van der Waals surface area contributed by atoms with Crippen LogP contribution in [-0.4, -0.2) is 10.2 Å². The van der Waals surface area contributed by atoms with Gasteiger partial charge < -0.3 is 5.73 Å². The molecule has 3 aromatic rings. The molecule has 0 aliphatic heterocycles. The van der Waals surface area contributed by atoms with Gasteiger partial charge in [0.15, 0.2) is 0 Å². The van der Waals surface area contributed by atoms with Crippen molar-refractivity contribution in [1.82, 2.24) is 10.2 Å². The monoisotopic (exact) mass is 247 g/mol. The van der Waals surface area contributed by atoms with Crippen molar-refractivity contribution in [2.45, 2.75) is 0 Å². The number of rotatable bonds is 2. The van der Waals surface area contributed by atoms with Crippen molar-refractivity contribution in [3.63, 3.8) is 0 Å². The van der Waals surface area contributed by atoms with Gasteiger partial charge >= 0.3 is 0 Å². The standard InChI is InChI=1S/C16H13N3/c17-14-11-15(12-7-3-1-4-8-12)18-19-16(14)13-9-5-2-6-10-13/h1-11H,(H2,17,18). The van der Waals surface area contributed by atoms with Crippen molar-refractivity contribution in [3.05, 3.63) is 66.7 Å². The van der Waals surface area contributed by atoms with E-state index in [4.69, 9.17) is 5.73 Å². The highest BCUT2D eigenvalue weighted by molar-refractivity contribution is 5.75. The predicted octanol–water partition coefficient (Wildman–Crippen LogP) is 3.39. The highest BCUT2D eigenvalue weighted by Crippen LogP contribution is 2.26. The van der Waals surface area contributed by atoms with Crippen LogP contribution in [0.4, 0.5) is 5.69 Å². The van der Waals surface area contributed by atoms with Crippen LogP contribution < -0.4 is 5.73 Å². The Balaban J connectivity index is 2.04. The SMILES string of the molecule is Nc1cc(-c2ccccc2)nnc1-c1ccccc1. The first kappa shape index (κ1) is 11.4. The van der Waals surface area contributed by atoms with E-state index >= 15 is 0 Å². The van der Waals surface area contributed by atoms with E-state index in [9.17, 15) is 0 Å². The molecule has 0 amide bonds. The van der Waals surface area contributed by atoms with Crippen LogP contribution in [0.1, 0.15) is 0 Å². The molecule has 0 fully saturated rings. The molecule has 0 radical (unpaired) electrons. The third kappa shape index (κ3) is 2.31. The van der Waals surface area contributed by atoms with Crippen LogP contribution in [0.5, 0.6) is 0 Å². The van der Waals surface area contributed by atoms with Crippen LogP contribution >= 0.6 is 0 Å². The van der Waals surface area contributed by atoms with Crippen molar-refractivity contribution in [3.8, 4) is 22.5 Å². The third-order valence-corrected chi connectivity index (χ3v) is 2.94. The number of nitrogens with two attached hydrogens (primary N) is 1. The third-order valence-electron chi connectivity index (χ3n) is 2.94. The molecule has 3 heteroatoms. The Morgan fingerprint density at radius 1 is 0.684 bits per heavy atom. The quantitative estimate of drug-likeness (QED) is 0.755. The summed E-state index contributed by atoms with van der Waals surface area (Å²) in [7, 11) is 0. The fourth-order valence-electron chi connectivity index (χ4n) is 1.98. The molecule has 0 unspecified atom stereocenters. The average Bonchev–Trinajstić information content (AvgIpc) is 2.49. The molecule has 92 valence electrons. The predicted molar refractivity (Wildman–Crippen MR) is 77.3 cm³/mol. The van der Waals surface area contributed by atoms with Crippen LogP contribution in [0.3, 0.4) is 0 Å². The second-order valence-corrected chi connectivity index (χ2v) is 4.27. The van der Waals surface area contributed by atoms with Gasteiger partial charge in [0.2, 0.25) is 0 Å². The van der Waals surface area contributed by atoms with Crippen LogP contribution in [0.25, 0.3) is 22.5 Å². The first-order valence-corrected chi connectivity index (χ1v) is 6.08. The topological polar surface area (TPSA) is 51.8 Å². The van der Waals surface area contributed by atoms with Crippen molar-refractivity contribution >= 4 is 5.69 Å². The minimum Gasteiger partial charge on any atom is -0.397 e. The largest absolute Gasteiger partial charge is 0.397 e. The summed E-state index contributed by atoms with van der Waals surface area (Å²) in [5.41, 5.74) is 10.2. The first-order chi connectivity index (χ1) is 9.34. The molecule has 0 saturated heterocycles. The van der Waals surface area contributed by atoms with E-state index in [0.717, 1.165) is 22.5 Å². The fourth-order valence-corrected chi connectivity index (χ4v) is 1.98. The summed E-state index contributed by atoms with van der Waals surface area (Å²) in [5, 5.41) is 8.51. The minimum atomic E-state index is 0.639. The molecule has 0 spiro atoms. The molecule has 0 atom stereocenters. The molecule has 0 saturated carbocycles. The number of benzene rings is 2. The molecule has 19 heavy (non-hydrogen) atoms. The van der Waals surface area contributed by atoms with Crippen molar-refractivity contribution in [2.75, 3.05) is 5.73 Å². The lowest BCUT2D eigenvalue weighted by Crippen LogP contribution is -1.97. The number of aromatic nitrogens is 2. The Bertz CT molecular complexity index is 679. The summed E-state index contributed by atoms with van der Waals surface area (Å²) in [6.07, 6.45) is 0. The van der Waals surface area contributed by atoms with Crippen LogP contribution in [0, 0.1) is 0 Å². The number of nitrogen functional groups attached to an aromatic ring is 1. The summed E-state index contributed by atoms with van der Waals surface area (Å²) in [5.74, 6) is 0. The van der Waals surface area contributed by atoms with Gasteiger partial charge in [-0.1, -0.05) is 60.7 Å². The molecule has 0 aliphatic carbocycles. The summed E-state index contributed by atoms with van der Waals surface area (Å²) in [6.45, 7) is 0. The molecule has 0 aliphatic rings. The molecule has 2 aromatic carbocycles. The molecule has 2 N–H and O–H groups in total. The van der Waals surface area contributed by atoms with Crippen LogP contribution in [0.15, 0.2) is 66.7 Å². The van der Waals surface area contributed by atoms with E-state index in [2.05, 4.69) is 10.2 Å². The Labute approximate surface area is 111 Å². The van der Waals surface area contributed by atoms with Gasteiger partial charge in [0.1, 0.15) is 5.69 Å². The lowest BCUT2D eigenvalue weighted by atomic mass is 10.1. The zero-order valence-corrected chi connectivity index (χ0v) is 10.3. The van der Waals surface area contributed by atoms with Crippen molar-refractivity contribution in [2.24, 2.45) is 0 Å². The van der Waals surface area contributed by atoms with Gasteiger partial charge in [-0.15, -0.1) is 10.2 Å². The van der Waals surface area contributed by atoms with Gasteiger partial charge in [-0.2, -0.15) is 0 Å². The van der Waals surface area contributed by atoms with Gasteiger partial charge in [0.25, 0.3) is 0 Å². The Hall–Kier alpha value is -2.68. The van der Waals surface area contributed by atoms with E-state index in [1.54, 1.807) is 0 Å². The van der Waals surface area contributed by atoms with Crippen molar-refractivity contribution in [1.29, 1.82) is 0 Å². The van der Waals surface area contributed by atoms with Gasteiger partial charge in [0, 0.05) is 11.1 Å². The normalized spacial score (nSPS) is 10.3. The van der Waals surface area contributed by atoms with Gasteiger partial charge in [-0.3, -0.25) is 0 Å². The van der Waals surface area contributed by atoms with E-state index < -0.39 is 0 Å². The molecular formula is C16H13N3. The van der Waals surface area contributed by atoms with Gasteiger partial charge in [0.05, 0.1) is 11.4 Å². The number of nitrogens with zero attached hydrogens (tertiary/aromatic N) is 2. The summed E-state index contributed by atoms with van der Waals surface area (Å²) in [4.78, 5) is 0. The van der Waals surface area contributed by atoms with Gasteiger partial charge in [-0.05, 0) is 6.07 Å². The zero-order chi connectivity index (χ0) is 13.1. The molecule has 1 aromatic heterocycles. The minimum absolute atomic E-state index is 0.639. The molecule has 3 rings (SSSR count). The highest BCUT2D eigenvalue weighted by Gasteiger charge is 2.07. The number of anilines is 1. The van der Waals surface area contributed by atoms with Crippen LogP contribution in [-0.2, 0) is 0 Å². The Morgan fingerprint density at radius 3 is 1.84 bits per heavy atom. The van der Waals surface area contributed by atoms with E-state index in [-0.39, 0.29) is 0 Å². The van der Waals surface area contributed by atoms with E-state index in [1.807, 2.05) is 66.7 Å². The summed E-state index contributed by atoms with van der Waals surface area (Å²) < 4.78 is 0. The molecule has 0 bridgehead atoms. The summed E-state index contributed by atoms with van der Waals surface area (Å²) in [6, 6.07) is 21.6. The first-order valence-electron chi connectivity index (χ1n) is 6.08. The fraction of sp³-hybridized carbons (Fsp3) is 0. The maximum Gasteiger partial charge on any atom is 0.116 e. The van der Waals surface area contributed by atoms with E-state index in [1.165, 1.54) is 0 Å². The number of hydrogen-bond acceptors (Lipinski definition) is 3. The molecule has 1 heterocycles. The highest BCUT2D eigenvalue weighted by atomic mass is 15.1. The number of hydrogen-bond donors (Lipinski definition) is 1. The second-order valence-electron chi connectivity index (χ2n) is 4.27. The maximum absolute atomic E-state index is 6.09. The smallest absolute Gasteiger partial charge is 0.116 e. The molecular weight excluding hydrogens is 234 g/mol. The van der Waals surface area contributed by atoms with Crippen LogP contribution in [0.2, 0.25) is 0 Å². The zero-order valence-electron chi connectivity index (χ0n) is 10.3. The summed E-state index contributed by atoms with van der Waals surface area (Å²) >= 11 is 0. The average molecular weight is 247 g/mol. The molecule has 3 nitrogen and oxygen atoms in total. The second kappa shape index (κ2) is 4.90. The van der Waals surface area contributed by atoms with Gasteiger partial charge in [-0.25, -0.2) is 0 Å². The maximum atomic E-state index is 6.09. The Morgan fingerprint density at radius 2 is 1.26 bits per heavy atom. The van der Waals surface area contributed by atoms with Crippen molar-refractivity contribution < 1.29 is 0 Å².